The van der Waals surface area contributed by atoms with Gasteiger partial charge in [0.05, 0.1) is 11.5 Å². The van der Waals surface area contributed by atoms with Crippen LogP contribution in [-0.4, -0.2) is 24.2 Å². The number of rotatable bonds is 2. The second-order valence-electron chi connectivity index (χ2n) is 4.44. The van der Waals surface area contributed by atoms with Crippen LogP contribution in [0.15, 0.2) is 22.7 Å². The second-order valence-corrected chi connectivity index (χ2v) is 5.30. The Hall–Kier alpha value is -1.08. The smallest absolute Gasteiger partial charge is 0.416 e. The number of alkyl halides is 3. The minimum atomic E-state index is -4.43. The zero-order valence-electron chi connectivity index (χ0n) is 9.67. The van der Waals surface area contributed by atoms with Crippen LogP contribution in [0.2, 0.25) is 0 Å². The first-order valence-corrected chi connectivity index (χ1v) is 6.40. The van der Waals surface area contributed by atoms with Crippen molar-refractivity contribution in [2.75, 3.05) is 13.1 Å². The summed E-state index contributed by atoms with van der Waals surface area (Å²) in [5.74, 6) is -2.17. The minimum absolute atomic E-state index is 0.267. The van der Waals surface area contributed by atoms with Crippen molar-refractivity contribution in [1.29, 1.82) is 0 Å². The van der Waals surface area contributed by atoms with E-state index in [0.29, 0.717) is 16.6 Å². The molecule has 0 aliphatic carbocycles. The van der Waals surface area contributed by atoms with Crippen LogP contribution in [-0.2, 0) is 11.0 Å². The summed E-state index contributed by atoms with van der Waals surface area (Å²) in [6, 6.07) is 3.32. The number of hydrogen-bond acceptors (Lipinski definition) is 2. The molecule has 7 heteroatoms. The topological polar surface area (TPSA) is 49.3 Å². The highest BCUT2D eigenvalue weighted by atomic mass is 79.9. The Balaban J connectivity index is 2.41. The molecule has 0 saturated carbocycles. The van der Waals surface area contributed by atoms with Gasteiger partial charge >= 0.3 is 12.1 Å². The Labute approximate surface area is 115 Å². The van der Waals surface area contributed by atoms with Gasteiger partial charge in [0.25, 0.3) is 0 Å². The molecular weight excluding hydrogens is 327 g/mol. The van der Waals surface area contributed by atoms with Crippen molar-refractivity contribution in [3.8, 4) is 0 Å². The molecule has 1 aliphatic heterocycles. The molecule has 1 aromatic rings. The van der Waals surface area contributed by atoms with Gasteiger partial charge in [0.2, 0.25) is 0 Å². The third-order valence-electron chi connectivity index (χ3n) is 3.25. The summed E-state index contributed by atoms with van der Waals surface area (Å²) in [6.45, 7) is 0.625. The highest BCUT2D eigenvalue weighted by molar-refractivity contribution is 9.10. The van der Waals surface area contributed by atoms with E-state index < -0.39 is 29.5 Å². The number of benzene rings is 1. The van der Waals surface area contributed by atoms with Crippen molar-refractivity contribution in [3.63, 3.8) is 0 Å². The van der Waals surface area contributed by atoms with Crippen molar-refractivity contribution in [1.82, 2.24) is 5.32 Å². The van der Waals surface area contributed by atoms with E-state index >= 15 is 0 Å². The van der Waals surface area contributed by atoms with Crippen molar-refractivity contribution in [2.45, 2.75) is 12.1 Å². The minimum Gasteiger partial charge on any atom is -0.481 e. The predicted molar refractivity (Wildman–Crippen MR) is 65.9 cm³/mol. The van der Waals surface area contributed by atoms with Gasteiger partial charge < -0.3 is 10.4 Å². The molecule has 1 fully saturated rings. The van der Waals surface area contributed by atoms with Crippen LogP contribution in [0.5, 0.6) is 0 Å². The molecule has 1 saturated heterocycles. The van der Waals surface area contributed by atoms with E-state index in [-0.39, 0.29) is 6.54 Å². The molecule has 0 spiro atoms. The molecule has 2 N–H and O–H groups in total. The van der Waals surface area contributed by atoms with Gasteiger partial charge in [-0.15, -0.1) is 0 Å². The number of carbonyl (C=O) groups is 1. The maximum atomic E-state index is 12.7. The van der Waals surface area contributed by atoms with Gasteiger partial charge in [-0.25, -0.2) is 0 Å². The van der Waals surface area contributed by atoms with Crippen molar-refractivity contribution < 1.29 is 23.1 Å². The van der Waals surface area contributed by atoms with E-state index in [4.69, 9.17) is 5.11 Å². The van der Waals surface area contributed by atoms with Crippen LogP contribution in [0, 0.1) is 5.92 Å². The monoisotopic (exact) mass is 337 g/mol. The highest BCUT2D eigenvalue weighted by Crippen LogP contribution is 2.37. The largest absolute Gasteiger partial charge is 0.481 e. The molecule has 2 atom stereocenters. The molecule has 2 rings (SSSR count). The summed E-state index contributed by atoms with van der Waals surface area (Å²) in [4.78, 5) is 11.1. The zero-order chi connectivity index (χ0) is 14.2. The lowest BCUT2D eigenvalue weighted by Crippen LogP contribution is -2.21. The Morgan fingerprint density at radius 1 is 1.37 bits per heavy atom. The van der Waals surface area contributed by atoms with Gasteiger partial charge in [-0.3, -0.25) is 4.79 Å². The molecule has 0 bridgehead atoms. The van der Waals surface area contributed by atoms with Gasteiger partial charge in [0.1, 0.15) is 0 Å². The first-order chi connectivity index (χ1) is 8.80. The normalized spacial score (nSPS) is 23.6. The average Bonchev–Trinajstić information content (AvgIpc) is 2.76. The van der Waals surface area contributed by atoms with Gasteiger partial charge in [0.15, 0.2) is 0 Å². The van der Waals surface area contributed by atoms with Gasteiger partial charge in [-0.05, 0) is 23.8 Å². The highest BCUT2D eigenvalue weighted by Gasteiger charge is 2.37. The van der Waals surface area contributed by atoms with Crippen LogP contribution in [0.1, 0.15) is 17.0 Å². The maximum Gasteiger partial charge on any atom is 0.416 e. The molecule has 1 heterocycles. The first kappa shape index (κ1) is 14.3. The average molecular weight is 338 g/mol. The number of aliphatic carboxylic acids is 1. The van der Waals surface area contributed by atoms with E-state index in [1.165, 1.54) is 6.07 Å². The lowest BCUT2D eigenvalue weighted by atomic mass is 9.88. The fourth-order valence-corrected chi connectivity index (χ4v) is 2.81. The summed E-state index contributed by atoms with van der Waals surface area (Å²) in [5.41, 5.74) is -0.381. The van der Waals surface area contributed by atoms with Gasteiger partial charge in [0, 0.05) is 23.5 Å². The Morgan fingerprint density at radius 3 is 2.63 bits per heavy atom. The number of hydrogen-bond donors (Lipinski definition) is 2. The lowest BCUT2D eigenvalue weighted by Gasteiger charge is -2.18. The molecule has 0 aromatic heterocycles. The fourth-order valence-electron chi connectivity index (χ4n) is 2.27. The Bertz CT molecular complexity index is 504. The number of halogens is 4. The zero-order valence-corrected chi connectivity index (χ0v) is 11.3. The third-order valence-corrected chi connectivity index (χ3v) is 3.98. The van der Waals surface area contributed by atoms with Gasteiger partial charge in [-0.2, -0.15) is 13.2 Å². The van der Waals surface area contributed by atoms with Gasteiger partial charge in [-0.1, -0.05) is 15.9 Å². The summed E-state index contributed by atoms with van der Waals surface area (Å²) < 4.78 is 38.6. The molecule has 19 heavy (non-hydrogen) atoms. The van der Waals surface area contributed by atoms with E-state index in [9.17, 15) is 18.0 Å². The molecular formula is C12H11BrF3NO2. The fraction of sp³-hybridized carbons (Fsp3) is 0.417. The summed E-state index contributed by atoms with van der Waals surface area (Å²) >= 11 is 3.20. The molecule has 1 aliphatic rings. The van der Waals surface area contributed by atoms with E-state index in [2.05, 4.69) is 21.2 Å². The van der Waals surface area contributed by atoms with Crippen LogP contribution in [0.25, 0.3) is 0 Å². The number of carboxylic acids is 1. The van der Waals surface area contributed by atoms with Crippen molar-refractivity contribution in [2.24, 2.45) is 5.92 Å². The molecule has 0 amide bonds. The summed E-state index contributed by atoms with van der Waals surface area (Å²) in [6.07, 6.45) is -4.43. The van der Waals surface area contributed by atoms with E-state index in [1.54, 1.807) is 0 Å². The second kappa shape index (κ2) is 5.13. The number of carboxylic acid groups (broad SMARTS) is 1. The van der Waals surface area contributed by atoms with Crippen molar-refractivity contribution in [3.05, 3.63) is 33.8 Å². The lowest BCUT2D eigenvalue weighted by molar-refractivity contribution is -0.141. The Morgan fingerprint density at radius 2 is 2.05 bits per heavy atom. The molecule has 0 radical (unpaired) electrons. The maximum absolute atomic E-state index is 12.7. The molecule has 1 aromatic carbocycles. The SMILES string of the molecule is O=C(O)C1CNCC1c1cc(C(F)(F)F)ccc1Br. The summed E-state index contributed by atoms with van der Waals surface area (Å²) in [7, 11) is 0. The third kappa shape index (κ3) is 2.92. The first-order valence-electron chi connectivity index (χ1n) is 5.61. The van der Waals surface area contributed by atoms with E-state index in [0.717, 1.165) is 12.1 Å². The standard InChI is InChI=1S/C12H11BrF3NO2/c13-10-2-1-6(12(14,15)16)3-7(10)8-4-17-5-9(8)11(18)19/h1-3,8-9,17H,4-5H2,(H,18,19). The van der Waals surface area contributed by atoms with E-state index in [1.807, 2.05) is 0 Å². The molecule has 2 unspecified atom stereocenters. The van der Waals surface area contributed by atoms with Crippen LogP contribution in [0.4, 0.5) is 13.2 Å². The van der Waals surface area contributed by atoms with Crippen LogP contribution < -0.4 is 5.32 Å². The predicted octanol–water partition coefficient (Wildman–Crippen LogP) is 2.86. The quantitative estimate of drug-likeness (QED) is 0.872. The van der Waals surface area contributed by atoms with Crippen molar-refractivity contribution >= 4 is 21.9 Å². The van der Waals surface area contributed by atoms with Crippen LogP contribution >= 0.6 is 15.9 Å². The Kier molecular flexibility index (Phi) is 3.87. The van der Waals surface area contributed by atoms with Crippen LogP contribution in [0.3, 0.4) is 0 Å². The number of nitrogens with one attached hydrogen (secondary N) is 1. The molecule has 3 nitrogen and oxygen atoms in total. The molecule has 104 valence electrons. The summed E-state index contributed by atoms with van der Waals surface area (Å²) in [5, 5.41) is 12.0.